The molecule has 0 amide bonds. The second-order valence-electron chi connectivity index (χ2n) is 1.14. The van der Waals surface area contributed by atoms with E-state index in [9.17, 15) is 0 Å². The summed E-state index contributed by atoms with van der Waals surface area (Å²) in [4.78, 5) is 0. The van der Waals surface area contributed by atoms with E-state index in [4.69, 9.17) is 18.4 Å². The van der Waals surface area contributed by atoms with Crippen LogP contribution in [0.2, 0.25) is 0 Å². The summed E-state index contributed by atoms with van der Waals surface area (Å²) in [5.74, 6) is 0. The Labute approximate surface area is 76.4 Å². The summed E-state index contributed by atoms with van der Waals surface area (Å²) in [7, 11) is 1.27. The molecule has 11 heavy (non-hydrogen) atoms. The van der Waals surface area contributed by atoms with Gasteiger partial charge in [-0.1, -0.05) is 0 Å². The van der Waals surface area contributed by atoms with E-state index in [1.807, 2.05) is 0 Å². The fourth-order valence-electron chi connectivity index (χ4n) is 0.118. The van der Waals surface area contributed by atoms with Gasteiger partial charge < -0.3 is 18.4 Å². The molecule has 0 saturated heterocycles. The molecule has 4 nitrogen and oxygen atoms in total. The van der Waals surface area contributed by atoms with Crippen LogP contribution in [0.4, 0.5) is 0 Å². The SMILES string of the molecule is C=C.OCCO.[SiH3]O[SiH2]O[SiH3]. The van der Waals surface area contributed by atoms with Crippen molar-refractivity contribution in [2.75, 3.05) is 13.2 Å². The van der Waals surface area contributed by atoms with Crippen LogP contribution in [0.25, 0.3) is 0 Å². The Morgan fingerprint density at radius 1 is 1.09 bits per heavy atom. The lowest BCUT2D eigenvalue weighted by Gasteiger charge is -1.87. The van der Waals surface area contributed by atoms with Crippen LogP contribution in [0, 0.1) is 0 Å². The van der Waals surface area contributed by atoms with Gasteiger partial charge in [-0.25, -0.2) is 0 Å². The zero-order chi connectivity index (χ0) is 9.54. The van der Waals surface area contributed by atoms with Crippen LogP contribution in [0.1, 0.15) is 0 Å². The van der Waals surface area contributed by atoms with Gasteiger partial charge in [0.05, 0.1) is 13.2 Å². The van der Waals surface area contributed by atoms with E-state index in [2.05, 4.69) is 13.2 Å². The standard InChI is InChI=1S/C2H6O2.C2H4.H8O2Si3/c3-1-2-4;1-2;3-1-5-2-4/h3-4H,1-2H2;1-2H2;5H2,3-4H3. The Bertz CT molecular complexity index is 44.3. The van der Waals surface area contributed by atoms with Gasteiger partial charge in [0.2, 0.25) is 0 Å². The highest BCUT2D eigenvalue weighted by Crippen LogP contribution is 1.52. The lowest BCUT2D eigenvalue weighted by molar-refractivity contribution is 0.186. The van der Waals surface area contributed by atoms with Gasteiger partial charge in [0, 0.05) is 0 Å². The highest BCUT2D eigenvalue weighted by atomic mass is 28.3. The maximum Gasteiger partial charge on any atom is 0.282 e. The van der Waals surface area contributed by atoms with E-state index in [1.54, 1.807) is 0 Å². The number of hydrogen-bond donors (Lipinski definition) is 2. The first kappa shape index (κ1) is 17.4. The first-order valence-corrected chi connectivity index (χ1v) is 5.81. The summed E-state index contributed by atoms with van der Waals surface area (Å²) >= 11 is 0. The number of hydrogen-bond acceptors (Lipinski definition) is 4. The molecule has 0 spiro atoms. The van der Waals surface area contributed by atoms with Gasteiger partial charge >= 0.3 is 0 Å². The molecular formula is C4H18O4Si3. The monoisotopic (exact) mass is 214 g/mol. The maximum absolute atomic E-state index is 7.62. The fraction of sp³-hybridized carbons (Fsp3) is 0.500. The van der Waals surface area contributed by atoms with Crippen LogP contribution >= 0.6 is 0 Å². The summed E-state index contributed by atoms with van der Waals surface area (Å²) in [5, 5.41) is 15.2. The predicted molar refractivity (Wildman–Crippen MR) is 56.0 cm³/mol. The zero-order valence-electron chi connectivity index (χ0n) is 7.25. The molecule has 0 aliphatic rings. The molecule has 0 bridgehead atoms. The van der Waals surface area contributed by atoms with E-state index < -0.39 is 10.0 Å². The summed E-state index contributed by atoms with van der Waals surface area (Å²) in [6.07, 6.45) is 0. The van der Waals surface area contributed by atoms with Crippen molar-refractivity contribution in [2.45, 2.75) is 0 Å². The van der Waals surface area contributed by atoms with Crippen LogP contribution < -0.4 is 0 Å². The van der Waals surface area contributed by atoms with Crippen molar-refractivity contribution < 1.29 is 18.4 Å². The minimum atomic E-state index is -0.444. The molecular weight excluding hydrogens is 196 g/mol. The number of aliphatic hydroxyl groups excluding tert-OH is 2. The largest absolute Gasteiger partial charge is 0.449 e. The molecule has 0 rings (SSSR count). The minimum absolute atomic E-state index is 0.125. The molecule has 0 fully saturated rings. The molecule has 0 aromatic rings. The van der Waals surface area contributed by atoms with Gasteiger partial charge in [-0.05, 0) is 0 Å². The summed E-state index contributed by atoms with van der Waals surface area (Å²) < 4.78 is 9.56. The summed E-state index contributed by atoms with van der Waals surface area (Å²) in [6, 6.07) is 0. The second-order valence-corrected chi connectivity index (χ2v) is 6.00. The molecule has 0 saturated carbocycles. The first-order chi connectivity index (χ1) is 5.33. The molecule has 70 valence electrons. The molecule has 0 unspecified atom stereocenters. The highest BCUT2D eigenvalue weighted by molar-refractivity contribution is 6.33. The van der Waals surface area contributed by atoms with E-state index >= 15 is 0 Å². The molecule has 0 aromatic heterocycles. The third-order valence-electron chi connectivity index (χ3n) is 0.336. The van der Waals surface area contributed by atoms with Crippen molar-refractivity contribution in [3.8, 4) is 0 Å². The smallest absolute Gasteiger partial charge is 0.282 e. The molecule has 0 radical (unpaired) electrons. The second kappa shape index (κ2) is 31.9. The number of aliphatic hydroxyl groups is 2. The average Bonchev–Trinajstić information content (AvgIpc) is 2.10. The minimum Gasteiger partial charge on any atom is -0.449 e. The van der Waals surface area contributed by atoms with Crippen LogP contribution in [0.3, 0.4) is 0 Å². The molecule has 0 heterocycles. The van der Waals surface area contributed by atoms with Crippen molar-refractivity contribution in [1.29, 1.82) is 0 Å². The first-order valence-electron chi connectivity index (χ1n) is 3.03. The summed E-state index contributed by atoms with van der Waals surface area (Å²) in [5.41, 5.74) is 0. The normalized spacial score (nSPS) is 8.55. The quantitative estimate of drug-likeness (QED) is 0.376. The van der Waals surface area contributed by atoms with Crippen molar-refractivity contribution in [1.82, 2.24) is 0 Å². The maximum atomic E-state index is 7.62. The van der Waals surface area contributed by atoms with Gasteiger partial charge in [0.1, 0.15) is 21.0 Å². The third kappa shape index (κ3) is 66.4. The molecule has 2 N–H and O–H groups in total. The van der Waals surface area contributed by atoms with Crippen molar-refractivity contribution >= 4 is 31.0 Å². The van der Waals surface area contributed by atoms with Crippen LogP contribution in [0.15, 0.2) is 13.2 Å². The molecule has 7 heteroatoms. The lowest BCUT2D eigenvalue weighted by atomic mass is 10.8. The Hall–Kier alpha value is 0.231. The molecule has 0 atom stereocenters. The van der Waals surface area contributed by atoms with Gasteiger partial charge in [0.25, 0.3) is 10.0 Å². The van der Waals surface area contributed by atoms with Gasteiger partial charge in [-0.2, -0.15) is 0 Å². The van der Waals surface area contributed by atoms with Crippen LogP contribution in [-0.2, 0) is 8.23 Å². The zero-order valence-corrected chi connectivity index (χ0v) is 12.7. The van der Waals surface area contributed by atoms with E-state index in [0.717, 1.165) is 21.0 Å². The lowest BCUT2D eigenvalue weighted by Crippen LogP contribution is -1.96. The van der Waals surface area contributed by atoms with E-state index in [0.29, 0.717) is 0 Å². The Morgan fingerprint density at radius 3 is 1.36 bits per heavy atom. The Balaban J connectivity index is -0.0000000965. The Morgan fingerprint density at radius 2 is 1.36 bits per heavy atom. The van der Waals surface area contributed by atoms with Crippen molar-refractivity contribution in [2.24, 2.45) is 0 Å². The predicted octanol–water partition coefficient (Wildman–Crippen LogP) is -3.65. The third-order valence-corrected chi connectivity index (χ3v) is 2.22. The van der Waals surface area contributed by atoms with E-state index in [-0.39, 0.29) is 13.2 Å². The van der Waals surface area contributed by atoms with Crippen LogP contribution in [-0.4, -0.2) is 54.4 Å². The van der Waals surface area contributed by atoms with Gasteiger partial charge in [0.15, 0.2) is 0 Å². The molecule has 0 aliphatic heterocycles. The van der Waals surface area contributed by atoms with Crippen LogP contribution in [0.5, 0.6) is 0 Å². The highest BCUT2D eigenvalue weighted by Gasteiger charge is 1.66. The topological polar surface area (TPSA) is 58.9 Å². The fourth-order valence-corrected chi connectivity index (χ4v) is 3.18. The van der Waals surface area contributed by atoms with E-state index in [1.165, 1.54) is 0 Å². The van der Waals surface area contributed by atoms with Gasteiger partial charge in [-0.3, -0.25) is 0 Å². The summed E-state index contributed by atoms with van der Waals surface area (Å²) in [6.45, 7) is 5.75. The average molecular weight is 214 g/mol. The molecule has 0 aliphatic carbocycles. The van der Waals surface area contributed by atoms with Crippen molar-refractivity contribution in [3.63, 3.8) is 0 Å². The van der Waals surface area contributed by atoms with Gasteiger partial charge in [-0.15, -0.1) is 13.2 Å². The van der Waals surface area contributed by atoms with Crippen molar-refractivity contribution in [3.05, 3.63) is 13.2 Å². The number of rotatable bonds is 3. The molecule has 0 aromatic carbocycles. The Kier molecular flexibility index (Phi) is 50.3.